The molecular formula is C19H27N3O3. The molecule has 136 valence electrons. The summed E-state index contributed by atoms with van der Waals surface area (Å²) in [4.78, 5) is 10.4. The lowest BCUT2D eigenvalue weighted by atomic mass is 9.87. The molecular weight excluding hydrogens is 318 g/mol. The van der Waals surface area contributed by atoms with E-state index in [9.17, 15) is 4.79 Å². The van der Waals surface area contributed by atoms with E-state index in [2.05, 4.69) is 48.4 Å². The molecule has 2 aromatic rings. The molecule has 2 rings (SSSR count). The van der Waals surface area contributed by atoms with Crippen molar-refractivity contribution in [3.05, 3.63) is 35.7 Å². The van der Waals surface area contributed by atoms with Crippen LogP contribution in [0, 0.1) is 0 Å². The van der Waals surface area contributed by atoms with E-state index >= 15 is 0 Å². The van der Waals surface area contributed by atoms with Gasteiger partial charge in [-0.3, -0.25) is 4.79 Å². The first-order chi connectivity index (χ1) is 11.9. The van der Waals surface area contributed by atoms with Gasteiger partial charge < -0.3 is 14.8 Å². The van der Waals surface area contributed by atoms with Crippen LogP contribution in [-0.4, -0.2) is 27.8 Å². The van der Waals surface area contributed by atoms with Gasteiger partial charge in [-0.15, -0.1) is 10.2 Å². The molecule has 2 N–H and O–H groups in total. The van der Waals surface area contributed by atoms with Crippen molar-refractivity contribution in [2.24, 2.45) is 0 Å². The van der Waals surface area contributed by atoms with Crippen LogP contribution in [0.3, 0.4) is 0 Å². The maximum Gasteiger partial charge on any atom is 0.303 e. The largest absolute Gasteiger partial charge is 0.481 e. The Morgan fingerprint density at radius 3 is 2.48 bits per heavy atom. The first-order valence-electron chi connectivity index (χ1n) is 8.72. The maximum absolute atomic E-state index is 10.4. The Hall–Kier alpha value is -2.21. The van der Waals surface area contributed by atoms with Crippen molar-refractivity contribution in [2.45, 2.75) is 58.4 Å². The van der Waals surface area contributed by atoms with Gasteiger partial charge >= 0.3 is 5.97 Å². The number of benzene rings is 1. The van der Waals surface area contributed by atoms with Gasteiger partial charge in [0.1, 0.15) is 0 Å². The molecule has 1 aromatic carbocycles. The zero-order valence-corrected chi connectivity index (χ0v) is 15.2. The minimum Gasteiger partial charge on any atom is -0.481 e. The lowest BCUT2D eigenvalue weighted by molar-refractivity contribution is -0.137. The highest BCUT2D eigenvalue weighted by Gasteiger charge is 2.14. The molecule has 0 saturated heterocycles. The number of unbranched alkanes of at least 4 members (excludes halogenated alkanes) is 2. The van der Waals surface area contributed by atoms with Crippen LogP contribution in [0.25, 0.3) is 11.5 Å². The van der Waals surface area contributed by atoms with E-state index in [-0.39, 0.29) is 11.8 Å². The molecule has 0 aliphatic rings. The third-order valence-electron chi connectivity index (χ3n) is 3.99. The van der Waals surface area contributed by atoms with E-state index in [1.54, 1.807) is 0 Å². The number of aliphatic carboxylic acids is 1. The van der Waals surface area contributed by atoms with Gasteiger partial charge in [0, 0.05) is 12.0 Å². The second kappa shape index (κ2) is 8.76. The van der Waals surface area contributed by atoms with Crippen LogP contribution in [0.2, 0.25) is 0 Å². The summed E-state index contributed by atoms with van der Waals surface area (Å²) in [6.07, 6.45) is 2.78. The summed E-state index contributed by atoms with van der Waals surface area (Å²) in [7, 11) is 0. The fourth-order valence-corrected chi connectivity index (χ4v) is 2.45. The number of aromatic nitrogens is 2. The molecule has 25 heavy (non-hydrogen) atoms. The zero-order valence-electron chi connectivity index (χ0n) is 15.2. The van der Waals surface area contributed by atoms with Crippen LogP contribution in [0.5, 0.6) is 0 Å². The number of hydrogen-bond acceptors (Lipinski definition) is 5. The van der Waals surface area contributed by atoms with E-state index in [0.29, 0.717) is 24.7 Å². The van der Waals surface area contributed by atoms with Crippen molar-refractivity contribution < 1.29 is 14.3 Å². The molecule has 0 radical (unpaired) electrons. The Morgan fingerprint density at radius 2 is 1.84 bits per heavy atom. The summed E-state index contributed by atoms with van der Waals surface area (Å²) in [5.41, 5.74) is 2.30. The predicted octanol–water partition coefficient (Wildman–Crippen LogP) is 3.77. The van der Waals surface area contributed by atoms with Crippen LogP contribution in [0.4, 0.5) is 0 Å². The van der Waals surface area contributed by atoms with Crippen molar-refractivity contribution >= 4 is 5.97 Å². The van der Waals surface area contributed by atoms with Gasteiger partial charge in [0.2, 0.25) is 11.8 Å². The van der Waals surface area contributed by atoms with Crippen LogP contribution in [0.15, 0.2) is 28.7 Å². The number of hydrogen-bond donors (Lipinski definition) is 2. The topological polar surface area (TPSA) is 88.2 Å². The molecule has 0 spiro atoms. The lowest BCUT2D eigenvalue weighted by Gasteiger charge is -2.18. The number of nitrogens with one attached hydrogen (secondary N) is 1. The van der Waals surface area contributed by atoms with Gasteiger partial charge in [0.15, 0.2) is 0 Å². The second-order valence-electron chi connectivity index (χ2n) is 7.21. The number of carbonyl (C=O) groups is 1. The highest BCUT2D eigenvalue weighted by atomic mass is 16.4. The highest BCUT2D eigenvalue weighted by molar-refractivity contribution is 5.66. The average Bonchev–Trinajstić information content (AvgIpc) is 3.02. The molecule has 0 saturated carbocycles. The first-order valence-corrected chi connectivity index (χ1v) is 8.72. The minimum atomic E-state index is -0.734. The molecule has 0 atom stereocenters. The molecule has 0 unspecified atom stereocenters. The molecule has 6 nitrogen and oxygen atoms in total. The maximum atomic E-state index is 10.4. The summed E-state index contributed by atoms with van der Waals surface area (Å²) in [6, 6.07) is 8.20. The van der Waals surface area contributed by atoms with Gasteiger partial charge in [-0.2, -0.15) is 0 Å². The fourth-order valence-electron chi connectivity index (χ4n) is 2.45. The molecule has 0 amide bonds. The van der Waals surface area contributed by atoms with E-state index in [1.165, 1.54) is 5.56 Å². The summed E-state index contributed by atoms with van der Waals surface area (Å²) < 4.78 is 5.69. The molecule has 1 aromatic heterocycles. The average molecular weight is 345 g/mol. The van der Waals surface area contributed by atoms with E-state index in [4.69, 9.17) is 9.52 Å². The smallest absolute Gasteiger partial charge is 0.303 e. The van der Waals surface area contributed by atoms with Gasteiger partial charge in [0.25, 0.3) is 0 Å². The van der Waals surface area contributed by atoms with Gasteiger partial charge in [-0.25, -0.2) is 0 Å². The number of nitrogens with zero attached hydrogens (tertiary/aromatic N) is 2. The van der Waals surface area contributed by atoms with E-state index in [0.717, 1.165) is 24.9 Å². The van der Waals surface area contributed by atoms with Crippen molar-refractivity contribution in [3.8, 4) is 11.5 Å². The molecule has 0 aliphatic carbocycles. The minimum absolute atomic E-state index is 0.118. The number of carboxylic acids is 1. The van der Waals surface area contributed by atoms with E-state index in [1.807, 2.05) is 12.1 Å². The second-order valence-corrected chi connectivity index (χ2v) is 7.21. The standard InChI is InChI=1S/C19H27N3O3/c1-19(2,3)15-10-8-14(9-11-15)18-22-21-16(25-18)13-20-12-6-4-5-7-17(23)24/h8-11,20H,4-7,12-13H2,1-3H3,(H,23,24). The summed E-state index contributed by atoms with van der Waals surface area (Å²) in [6.45, 7) is 7.87. The SMILES string of the molecule is CC(C)(C)c1ccc(-c2nnc(CNCCCCCC(=O)O)o2)cc1. The van der Waals surface area contributed by atoms with Crippen LogP contribution in [0.1, 0.15) is 57.9 Å². The summed E-state index contributed by atoms with van der Waals surface area (Å²) in [5.74, 6) is 0.348. The Balaban J connectivity index is 1.77. The fraction of sp³-hybridized carbons (Fsp3) is 0.526. The first kappa shape index (κ1) is 19.1. The summed E-state index contributed by atoms with van der Waals surface area (Å²) >= 11 is 0. The lowest BCUT2D eigenvalue weighted by Crippen LogP contribution is -2.15. The van der Waals surface area contributed by atoms with Crippen molar-refractivity contribution in [2.75, 3.05) is 6.54 Å². The monoisotopic (exact) mass is 345 g/mol. The van der Waals surface area contributed by atoms with E-state index < -0.39 is 5.97 Å². The highest BCUT2D eigenvalue weighted by Crippen LogP contribution is 2.25. The van der Waals surface area contributed by atoms with Crippen molar-refractivity contribution in [1.29, 1.82) is 0 Å². The molecule has 0 aliphatic heterocycles. The van der Waals surface area contributed by atoms with Gasteiger partial charge in [0.05, 0.1) is 6.54 Å². The Labute approximate surface area is 148 Å². The Morgan fingerprint density at radius 1 is 1.12 bits per heavy atom. The van der Waals surface area contributed by atoms with Crippen molar-refractivity contribution in [1.82, 2.24) is 15.5 Å². The molecule has 6 heteroatoms. The van der Waals surface area contributed by atoms with Crippen LogP contribution < -0.4 is 5.32 Å². The quantitative estimate of drug-likeness (QED) is 0.673. The zero-order chi connectivity index (χ0) is 18.3. The molecule has 0 fully saturated rings. The van der Waals surface area contributed by atoms with Crippen molar-refractivity contribution in [3.63, 3.8) is 0 Å². The van der Waals surface area contributed by atoms with Crippen LogP contribution >= 0.6 is 0 Å². The Kier molecular flexibility index (Phi) is 6.70. The molecule has 0 bridgehead atoms. The van der Waals surface area contributed by atoms with Gasteiger partial charge in [-0.1, -0.05) is 39.3 Å². The number of carboxylic acid groups (broad SMARTS) is 1. The van der Waals surface area contributed by atoms with Crippen LogP contribution in [-0.2, 0) is 16.8 Å². The third-order valence-corrected chi connectivity index (χ3v) is 3.99. The normalized spacial score (nSPS) is 11.6. The third kappa shape index (κ3) is 6.31. The number of rotatable bonds is 9. The predicted molar refractivity (Wildman–Crippen MR) is 96.2 cm³/mol. The van der Waals surface area contributed by atoms with Gasteiger partial charge in [-0.05, 0) is 42.5 Å². The summed E-state index contributed by atoms with van der Waals surface area (Å²) in [5, 5.41) is 20.0. The Bertz CT molecular complexity index is 672. The molecule has 1 heterocycles.